The molecular formula is C23H24ClN3O3. The highest BCUT2D eigenvalue weighted by atomic mass is 35.5. The fourth-order valence-electron chi connectivity index (χ4n) is 4.04. The minimum absolute atomic E-state index is 0.253. The van der Waals surface area contributed by atoms with Gasteiger partial charge in [-0.15, -0.1) is 0 Å². The topological polar surface area (TPSA) is 70.7 Å². The second kappa shape index (κ2) is 8.90. The summed E-state index contributed by atoms with van der Waals surface area (Å²) in [7, 11) is 0. The molecule has 156 valence electrons. The zero-order valence-electron chi connectivity index (χ0n) is 16.8. The van der Waals surface area contributed by atoms with Crippen LogP contribution in [0.15, 0.2) is 59.8 Å². The summed E-state index contributed by atoms with van der Waals surface area (Å²) < 4.78 is 5.33. The van der Waals surface area contributed by atoms with Gasteiger partial charge in [0.2, 0.25) is 0 Å². The Labute approximate surface area is 180 Å². The first-order valence-electron chi connectivity index (χ1n) is 10.1. The van der Waals surface area contributed by atoms with Crippen molar-refractivity contribution >= 4 is 23.6 Å². The molecule has 2 aromatic rings. The van der Waals surface area contributed by atoms with Crippen molar-refractivity contribution in [3.8, 4) is 0 Å². The third kappa shape index (κ3) is 4.35. The van der Waals surface area contributed by atoms with Crippen molar-refractivity contribution in [2.45, 2.75) is 25.9 Å². The van der Waals surface area contributed by atoms with E-state index in [1.807, 2.05) is 12.1 Å². The minimum Gasteiger partial charge on any atom is -0.463 e. The van der Waals surface area contributed by atoms with Crippen LogP contribution >= 0.6 is 11.6 Å². The van der Waals surface area contributed by atoms with Gasteiger partial charge in [0.15, 0.2) is 0 Å². The second-order valence-electron chi connectivity index (χ2n) is 7.43. The molecule has 4 rings (SSSR count). The predicted octanol–water partition coefficient (Wildman–Crippen LogP) is 3.57. The highest BCUT2D eigenvalue weighted by Crippen LogP contribution is 2.30. The Hall–Kier alpha value is -2.83. The Morgan fingerprint density at radius 2 is 2.00 bits per heavy atom. The molecule has 2 aliphatic rings. The highest BCUT2D eigenvalue weighted by molar-refractivity contribution is 6.30. The number of fused-ring (bicyclic) bond motifs is 1. The lowest BCUT2D eigenvalue weighted by Crippen LogP contribution is -2.49. The molecule has 7 heteroatoms. The molecule has 0 aliphatic carbocycles. The summed E-state index contributed by atoms with van der Waals surface area (Å²) in [5.41, 5.74) is 4.34. The molecule has 0 unspecified atom stereocenters. The van der Waals surface area contributed by atoms with Crippen LogP contribution in [0.25, 0.3) is 0 Å². The minimum atomic E-state index is -0.622. The van der Waals surface area contributed by atoms with Crippen LogP contribution in [0.1, 0.15) is 29.7 Å². The number of carbonyl (C=O) groups is 2. The Morgan fingerprint density at radius 3 is 2.77 bits per heavy atom. The van der Waals surface area contributed by atoms with E-state index in [9.17, 15) is 9.59 Å². The molecule has 0 spiro atoms. The Kier molecular flexibility index (Phi) is 6.06. The molecule has 2 amide bonds. The van der Waals surface area contributed by atoms with Crippen molar-refractivity contribution in [1.82, 2.24) is 15.5 Å². The standard InChI is InChI=1S/C23H24ClN3O3/c1-2-30-22(28)20-19(14-27-11-10-15-6-3-4-7-17(15)13-27)25-23(29)26-21(20)16-8-5-9-18(24)12-16/h3-9,12,21H,2,10-11,13-14H2,1H3,(H2,25,26,29)/t21-/m1/s1. The van der Waals surface area contributed by atoms with E-state index in [0.717, 1.165) is 25.1 Å². The van der Waals surface area contributed by atoms with Gasteiger partial charge in [0.1, 0.15) is 0 Å². The van der Waals surface area contributed by atoms with Gasteiger partial charge in [-0.05, 0) is 42.2 Å². The first-order valence-corrected chi connectivity index (χ1v) is 10.4. The average molecular weight is 426 g/mol. The van der Waals surface area contributed by atoms with Crippen molar-refractivity contribution in [2.75, 3.05) is 19.7 Å². The number of nitrogens with zero attached hydrogens (tertiary/aromatic N) is 1. The number of amides is 2. The van der Waals surface area contributed by atoms with E-state index in [0.29, 0.717) is 22.8 Å². The fourth-order valence-corrected chi connectivity index (χ4v) is 4.24. The molecule has 0 bridgehead atoms. The van der Waals surface area contributed by atoms with Crippen molar-refractivity contribution in [2.24, 2.45) is 0 Å². The summed E-state index contributed by atoms with van der Waals surface area (Å²) in [6, 6.07) is 14.6. The van der Waals surface area contributed by atoms with Gasteiger partial charge in [-0.25, -0.2) is 9.59 Å². The van der Waals surface area contributed by atoms with Gasteiger partial charge in [0, 0.05) is 30.4 Å². The first kappa shape index (κ1) is 20.4. The molecule has 30 heavy (non-hydrogen) atoms. The molecule has 2 aromatic carbocycles. The number of halogens is 1. The van der Waals surface area contributed by atoms with E-state index in [-0.39, 0.29) is 12.6 Å². The third-order valence-electron chi connectivity index (χ3n) is 5.42. The highest BCUT2D eigenvalue weighted by Gasteiger charge is 2.34. The molecule has 2 heterocycles. The lowest BCUT2D eigenvalue weighted by molar-refractivity contribution is -0.139. The third-order valence-corrected chi connectivity index (χ3v) is 5.66. The molecule has 6 nitrogen and oxygen atoms in total. The van der Waals surface area contributed by atoms with Gasteiger partial charge in [-0.1, -0.05) is 48.0 Å². The summed E-state index contributed by atoms with van der Waals surface area (Å²) in [5.74, 6) is -0.442. The lowest BCUT2D eigenvalue weighted by Gasteiger charge is -2.34. The molecule has 0 radical (unpaired) electrons. The summed E-state index contributed by atoms with van der Waals surface area (Å²) in [6.07, 6.45) is 0.933. The van der Waals surface area contributed by atoms with Crippen LogP contribution in [-0.2, 0) is 22.5 Å². The Bertz CT molecular complexity index is 1000. The zero-order valence-corrected chi connectivity index (χ0v) is 17.5. The van der Waals surface area contributed by atoms with E-state index < -0.39 is 12.0 Å². The van der Waals surface area contributed by atoms with Crippen molar-refractivity contribution in [1.29, 1.82) is 0 Å². The van der Waals surface area contributed by atoms with Crippen LogP contribution in [0, 0.1) is 0 Å². The normalized spacial score (nSPS) is 19.0. The molecule has 0 saturated carbocycles. The van der Waals surface area contributed by atoms with Crippen LogP contribution in [0.2, 0.25) is 5.02 Å². The zero-order chi connectivity index (χ0) is 21.1. The largest absolute Gasteiger partial charge is 0.463 e. The van der Waals surface area contributed by atoms with Crippen LogP contribution in [0.5, 0.6) is 0 Å². The van der Waals surface area contributed by atoms with Gasteiger partial charge >= 0.3 is 12.0 Å². The molecule has 2 aliphatic heterocycles. The number of hydrogen-bond acceptors (Lipinski definition) is 4. The molecule has 0 saturated heterocycles. The van der Waals surface area contributed by atoms with Crippen LogP contribution in [-0.4, -0.2) is 36.6 Å². The molecule has 0 aromatic heterocycles. The number of carbonyl (C=O) groups excluding carboxylic acids is 2. The number of hydrogen-bond donors (Lipinski definition) is 2. The van der Waals surface area contributed by atoms with Gasteiger partial charge in [-0.2, -0.15) is 0 Å². The van der Waals surface area contributed by atoms with Gasteiger partial charge in [-0.3, -0.25) is 4.90 Å². The van der Waals surface area contributed by atoms with E-state index in [1.54, 1.807) is 25.1 Å². The first-order chi connectivity index (χ1) is 14.5. The predicted molar refractivity (Wildman–Crippen MR) is 115 cm³/mol. The Balaban J connectivity index is 1.68. The molecule has 1 atom stereocenters. The second-order valence-corrected chi connectivity index (χ2v) is 7.86. The summed E-state index contributed by atoms with van der Waals surface area (Å²) in [5, 5.41) is 6.23. The SMILES string of the molecule is CCOC(=O)C1=C(CN2CCc3ccccc3C2)NC(=O)N[C@@H]1c1cccc(Cl)c1. The number of ether oxygens (including phenoxy) is 1. The van der Waals surface area contributed by atoms with Crippen molar-refractivity contribution in [3.63, 3.8) is 0 Å². The van der Waals surface area contributed by atoms with Crippen LogP contribution < -0.4 is 10.6 Å². The monoisotopic (exact) mass is 425 g/mol. The molecule has 2 N–H and O–H groups in total. The lowest BCUT2D eigenvalue weighted by atomic mass is 9.94. The summed E-state index contributed by atoms with van der Waals surface area (Å²) in [6.45, 7) is 4.08. The van der Waals surface area contributed by atoms with Gasteiger partial charge < -0.3 is 15.4 Å². The maximum atomic E-state index is 12.9. The molecule has 0 fully saturated rings. The van der Waals surface area contributed by atoms with Crippen molar-refractivity contribution in [3.05, 3.63) is 81.5 Å². The number of urea groups is 1. The quantitative estimate of drug-likeness (QED) is 0.718. The number of benzene rings is 2. The van der Waals surface area contributed by atoms with Crippen LogP contribution in [0.3, 0.4) is 0 Å². The smallest absolute Gasteiger partial charge is 0.338 e. The Morgan fingerprint density at radius 1 is 1.20 bits per heavy atom. The maximum absolute atomic E-state index is 12.9. The van der Waals surface area contributed by atoms with E-state index in [4.69, 9.17) is 16.3 Å². The number of nitrogens with one attached hydrogen (secondary N) is 2. The summed E-state index contributed by atoms with van der Waals surface area (Å²) >= 11 is 6.16. The number of esters is 1. The van der Waals surface area contributed by atoms with Crippen LogP contribution in [0.4, 0.5) is 4.79 Å². The van der Waals surface area contributed by atoms with Crippen molar-refractivity contribution < 1.29 is 14.3 Å². The van der Waals surface area contributed by atoms with E-state index in [2.05, 4.69) is 33.7 Å². The van der Waals surface area contributed by atoms with Gasteiger partial charge in [0.25, 0.3) is 0 Å². The fraction of sp³-hybridized carbons (Fsp3) is 0.304. The van der Waals surface area contributed by atoms with E-state index >= 15 is 0 Å². The van der Waals surface area contributed by atoms with Gasteiger partial charge in [0.05, 0.1) is 18.2 Å². The van der Waals surface area contributed by atoms with E-state index in [1.165, 1.54) is 11.1 Å². The average Bonchev–Trinajstić information content (AvgIpc) is 2.73. The molecular weight excluding hydrogens is 402 g/mol. The maximum Gasteiger partial charge on any atom is 0.338 e. The number of rotatable bonds is 5. The summed E-state index contributed by atoms with van der Waals surface area (Å²) in [4.78, 5) is 27.6.